The van der Waals surface area contributed by atoms with Crippen LogP contribution in [0.5, 0.6) is 0 Å². The van der Waals surface area contributed by atoms with E-state index in [-0.39, 0.29) is 0 Å². The van der Waals surface area contributed by atoms with Gasteiger partial charge < -0.3 is 8.83 Å². The molecule has 6 heterocycles. The van der Waals surface area contributed by atoms with E-state index in [1.807, 2.05) is 24.3 Å². The Bertz CT molecular complexity index is 7090. The van der Waals surface area contributed by atoms with Crippen LogP contribution < -0.4 is 0 Å². The van der Waals surface area contributed by atoms with Gasteiger partial charge >= 0.3 is 0 Å². The average molecular weight is 1380 g/mol. The van der Waals surface area contributed by atoms with E-state index in [0.29, 0.717) is 11.6 Å². The summed E-state index contributed by atoms with van der Waals surface area (Å²) in [4.78, 5) is 20.9. The third kappa shape index (κ3) is 10.6. The van der Waals surface area contributed by atoms with Crippen LogP contribution in [0.1, 0.15) is 0 Å². The van der Waals surface area contributed by atoms with Crippen molar-refractivity contribution in [1.29, 1.82) is 0 Å². The van der Waals surface area contributed by atoms with Crippen LogP contribution >= 0.6 is 0 Å². The van der Waals surface area contributed by atoms with E-state index in [9.17, 15) is 0 Å². The number of hydrogen-bond acceptors (Lipinski definition) is 6. The van der Waals surface area contributed by atoms with Gasteiger partial charge in [0.2, 0.25) is 11.4 Å². The van der Waals surface area contributed by atoms with E-state index in [2.05, 4.69) is 361 Å². The van der Waals surface area contributed by atoms with Crippen molar-refractivity contribution in [2.24, 2.45) is 0 Å². The number of rotatable bonds is 10. The second-order valence-corrected chi connectivity index (χ2v) is 27.5. The first-order valence-corrected chi connectivity index (χ1v) is 36.5. The summed E-state index contributed by atoms with van der Waals surface area (Å²) in [6, 6.07) is 132. The Balaban J connectivity index is 0.000000138. The second-order valence-electron chi connectivity index (χ2n) is 27.5. The van der Waals surface area contributed by atoms with Crippen molar-refractivity contribution in [3.8, 4) is 112 Å². The number of hydrogen-bond donors (Lipinski definition) is 0. The van der Waals surface area contributed by atoms with Crippen LogP contribution in [0.15, 0.2) is 385 Å². The highest BCUT2D eigenvalue weighted by Gasteiger charge is 2.24. The molecule has 0 bridgehead atoms. The Morgan fingerprint density at radius 1 is 0.194 bits per heavy atom. The first-order valence-electron chi connectivity index (χ1n) is 36.5. The molecule has 108 heavy (non-hydrogen) atoms. The Hall–Kier alpha value is -14.6. The molecule has 6 aromatic heterocycles. The molecule has 0 aliphatic rings. The van der Waals surface area contributed by atoms with Gasteiger partial charge in [-0.25, -0.2) is 19.9 Å². The molecule has 0 radical (unpaired) electrons. The number of fused-ring (bicyclic) bond motifs is 14. The van der Waals surface area contributed by atoms with Crippen LogP contribution in [-0.4, -0.2) is 28.7 Å². The quantitative estimate of drug-likeness (QED) is 0.136. The van der Waals surface area contributed by atoms with Gasteiger partial charge in [-0.05, 0) is 131 Å². The molecule has 0 fully saturated rings. The van der Waals surface area contributed by atoms with Crippen LogP contribution in [0.25, 0.3) is 211 Å². The van der Waals surface area contributed by atoms with Crippen molar-refractivity contribution in [2.45, 2.75) is 0 Å². The van der Waals surface area contributed by atoms with Crippen LogP contribution in [-0.2, 0) is 0 Å². The van der Waals surface area contributed by atoms with Gasteiger partial charge in [0.15, 0.2) is 22.8 Å². The van der Waals surface area contributed by atoms with E-state index < -0.39 is 0 Å². The molecule has 0 N–H and O–H groups in total. The van der Waals surface area contributed by atoms with Crippen LogP contribution in [0, 0.1) is 0 Å². The van der Waals surface area contributed by atoms with Crippen molar-refractivity contribution in [2.75, 3.05) is 0 Å². The Morgan fingerprint density at radius 3 is 0.926 bits per heavy atom. The number of nitrogens with zero attached hydrogens (tertiary/aromatic N) is 6. The lowest BCUT2D eigenvalue weighted by Gasteiger charge is -2.13. The lowest BCUT2D eigenvalue weighted by Crippen LogP contribution is -1.97. The smallest absolute Gasteiger partial charge is 0.213 e. The molecule has 0 spiro atoms. The van der Waals surface area contributed by atoms with E-state index in [1.165, 1.54) is 37.7 Å². The topological polar surface area (TPSA) is 86.7 Å². The van der Waals surface area contributed by atoms with Crippen LogP contribution in [0.2, 0.25) is 0 Å². The van der Waals surface area contributed by atoms with Gasteiger partial charge in [0.05, 0.1) is 56.0 Å². The largest absolute Gasteiger partial charge is 0.438 e. The molecule has 0 saturated carbocycles. The lowest BCUT2D eigenvalue weighted by molar-refractivity contribution is 0.658. The van der Waals surface area contributed by atoms with Gasteiger partial charge in [-0.3, -0.25) is 8.80 Å². The van der Waals surface area contributed by atoms with Gasteiger partial charge in [0, 0.05) is 44.2 Å². The summed E-state index contributed by atoms with van der Waals surface area (Å²) in [7, 11) is 0. The molecule has 0 atom stereocenters. The highest BCUT2D eigenvalue weighted by atomic mass is 16.3. The molecule has 22 aromatic rings. The number of benzene rings is 16. The first kappa shape index (κ1) is 62.0. The normalized spacial score (nSPS) is 11.7. The highest BCUT2D eigenvalue weighted by molar-refractivity contribution is 6.09. The maximum atomic E-state index is 6.51. The third-order valence-electron chi connectivity index (χ3n) is 21.3. The van der Waals surface area contributed by atoms with Crippen molar-refractivity contribution in [3.05, 3.63) is 376 Å². The number of oxazole rings is 2. The second kappa shape index (κ2) is 25.7. The predicted molar refractivity (Wildman–Crippen MR) is 445 cm³/mol. The molecule has 16 aromatic carbocycles. The number of para-hydroxylation sites is 6. The predicted octanol–water partition coefficient (Wildman–Crippen LogP) is 26.5. The molecule has 0 amide bonds. The molecule has 8 nitrogen and oxygen atoms in total. The summed E-state index contributed by atoms with van der Waals surface area (Å²) in [6.45, 7) is 0. The van der Waals surface area contributed by atoms with Gasteiger partial charge in [-0.2, -0.15) is 0 Å². The summed E-state index contributed by atoms with van der Waals surface area (Å²) < 4.78 is 17.4. The maximum Gasteiger partial charge on any atom is 0.213 e. The Labute approximate surface area is 620 Å². The zero-order valence-corrected chi connectivity index (χ0v) is 58.3. The Kier molecular flexibility index (Phi) is 14.7. The SMILES string of the molecule is c1cc(-c2ccc(-c3cc(-c4cccc5ccccc45)nc(-c4cccc5ccccc45)n3)cc2)cc(-c2c3ccccc3n3c2oc2ccccc23)c1.c1ccc2c(-c3cc(-c4ccc(-c5ccc(-c6c7ccccc7n7c6oc6ccccc67)cc5)cc4)nc(-c4cccc5ccccc45)n3)cccc2c1. The highest BCUT2D eigenvalue weighted by Crippen LogP contribution is 2.44. The molecule has 0 unspecified atom stereocenters. The fourth-order valence-corrected chi connectivity index (χ4v) is 16.1. The molecule has 22 rings (SSSR count). The minimum Gasteiger partial charge on any atom is -0.438 e. The molecule has 0 aliphatic carbocycles. The lowest BCUT2D eigenvalue weighted by atomic mass is 9.97. The van der Waals surface area contributed by atoms with Crippen LogP contribution in [0.3, 0.4) is 0 Å². The minimum atomic E-state index is 0.709. The zero-order valence-electron chi connectivity index (χ0n) is 58.3. The first-order chi connectivity index (χ1) is 53.5. The summed E-state index contributed by atoms with van der Waals surface area (Å²) in [5.41, 5.74) is 26.7. The minimum absolute atomic E-state index is 0.709. The van der Waals surface area contributed by atoms with Gasteiger partial charge in [-0.15, -0.1) is 0 Å². The fourth-order valence-electron chi connectivity index (χ4n) is 16.1. The summed E-state index contributed by atoms with van der Waals surface area (Å²) in [5, 5.41) is 11.6. The molecule has 8 heteroatoms. The van der Waals surface area contributed by atoms with Crippen LogP contribution in [0.4, 0.5) is 0 Å². The van der Waals surface area contributed by atoms with E-state index >= 15 is 0 Å². The van der Waals surface area contributed by atoms with Crippen molar-refractivity contribution in [3.63, 3.8) is 0 Å². The zero-order chi connectivity index (χ0) is 71.2. The monoisotopic (exact) mass is 1380 g/mol. The summed E-state index contributed by atoms with van der Waals surface area (Å²) in [5.74, 6) is 1.42. The standard InChI is InChI=1S/2C50H31N3O/c1-3-18-38-33(12-1)14-10-21-40(38)44-31-43(51-49(52-44)41-22-11-15-34-13-2-4-19-39(34)41)35-28-26-32(27-29-35)36-16-9-17-37(30-36)48-42-20-5-6-23-45(42)53-46-24-7-8-25-47(46)54-50(48)53;1-3-15-38-34(11-1)13-9-18-40(38)44-31-43(51-49(52-44)41-19-10-14-35-12-2-4-16-39(35)41)36-27-23-32(24-28-36)33-25-29-37(30-26-33)48-42-17-5-6-20-45(42)53-46-21-7-8-22-47(46)54-50(48)53/h2*1-31H. The van der Waals surface area contributed by atoms with E-state index in [4.69, 9.17) is 28.8 Å². The van der Waals surface area contributed by atoms with Gasteiger partial charge in [-0.1, -0.05) is 322 Å². The van der Waals surface area contributed by atoms with Crippen molar-refractivity contribution < 1.29 is 8.83 Å². The molecule has 0 saturated heterocycles. The van der Waals surface area contributed by atoms with Crippen molar-refractivity contribution >= 4 is 98.5 Å². The maximum absolute atomic E-state index is 6.51. The third-order valence-corrected chi connectivity index (χ3v) is 21.3. The molecule has 0 aliphatic heterocycles. The van der Waals surface area contributed by atoms with Gasteiger partial charge in [0.1, 0.15) is 0 Å². The van der Waals surface area contributed by atoms with E-state index in [0.717, 1.165) is 161 Å². The summed E-state index contributed by atoms with van der Waals surface area (Å²) in [6.07, 6.45) is 0. The average Bonchev–Trinajstić information content (AvgIpc) is 1.45. The molecular weight excluding hydrogens is 1320 g/mol. The van der Waals surface area contributed by atoms with Gasteiger partial charge in [0.25, 0.3) is 0 Å². The Morgan fingerprint density at radius 2 is 0.491 bits per heavy atom. The van der Waals surface area contributed by atoms with Crippen molar-refractivity contribution in [1.82, 2.24) is 28.7 Å². The molecule has 504 valence electrons. The van der Waals surface area contributed by atoms with E-state index in [1.54, 1.807) is 0 Å². The number of aromatic nitrogens is 6. The fraction of sp³-hybridized carbons (Fsp3) is 0. The summed E-state index contributed by atoms with van der Waals surface area (Å²) >= 11 is 0. The molecular formula is C100H62N6O2.